The molecule has 0 aliphatic rings. The van der Waals surface area contributed by atoms with Crippen molar-refractivity contribution in [3.8, 4) is 5.75 Å². The molecule has 0 fully saturated rings. The molecule has 0 saturated heterocycles. The molecule has 1 aromatic carbocycles. The number of primary sulfonamides is 1. The Morgan fingerprint density at radius 2 is 1.90 bits per heavy atom. The van der Waals surface area contributed by atoms with Crippen LogP contribution in [0.4, 0.5) is 0 Å². The van der Waals surface area contributed by atoms with Gasteiger partial charge in [-0.05, 0) is 25.1 Å². The molecule has 21 heavy (non-hydrogen) atoms. The molecule has 0 bridgehead atoms. The van der Waals surface area contributed by atoms with E-state index in [0.717, 1.165) is 18.2 Å². The van der Waals surface area contributed by atoms with Gasteiger partial charge in [0.25, 0.3) is 5.91 Å². The maximum Gasteiger partial charge on any atom is 0.339 e. The molecule has 116 valence electrons. The van der Waals surface area contributed by atoms with Crippen LogP contribution in [0, 0.1) is 0 Å². The van der Waals surface area contributed by atoms with Gasteiger partial charge in [0.05, 0.1) is 4.90 Å². The number of aromatic carboxylic acids is 1. The minimum Gasteiger partial charge on any atom is -0.480 e. The Labute approximate surface area is 122 Å². The van der Waals surface area contributed by atoms with Gasteiger partial charge in [-0.1, -0.05) is 0 Å². The van der Waals surface area contributed by atoms with Gasteiger partial charge in [0, 0.05) is 14.1 Å². The molecular formula is C12H16N2O6S. The number of carboxylic acid groups (broad SMARTS) is 1. The number of rotatable bonds is 5. The second-order valence-corrected chi connectivity index (χ2v) is 6.06. The van der Waals surface area contributed by atoms with E-state index in [1.165, 1.54) is 25.9 Å². The number of amides is 1. The molecule has 0 aliphatic carbocycles. The van der Waals surface area contributed by atoms with E-state index in [1.54, 1.807) is 0 Å². The van der Waals surface area contributed by atoms with Crippen LogP contribution in [0.1, 0.15) is 17.3 Å². The van der Waals surface area contributed by atoms with Crippen molar-refractivity contribution < 1.29 is 27.9 Å². The van der Waals surface area contributed by atoms with Crippen molar-refractivity contribution in [1.82, 2.24) is 4.90 Å². The van der Waals surface area contributed by atoms with Crippen molar-refractivity contribution >= 4 is 21.9 Å². The summed E-state index contributed by atoms with van der Waals surface area (Å²) < 4.78 is 27.7. The second kappa shape index (κ2) is 6.10. The Kier molecular flexibility index (Phi) is 4.92. The summed E-state index contributed by atoms with van der Waals surface area (Å²) in [5.41, 5.74) is -0.389. The van der Waals surface area contributed by atoms with E-state index >= 15 is 0 Å². The average molecular weight is 316 g/mol. The van der Waals surface area contributed by atoms with Crippen LogP contribution in [-0.2, 0) is 14.8 Å². The fourth-order valence-electron chi connectivity index (χ4n) is 1.56. The number of likely N-dealkylation sites (N-methyl/N-ethyl adjacent to an activating group) is 1. The number of hydrogen-bond donors (Lipinski definition) is 2. The van der Waals surface area contributed by atoms with Crippen LogP contribution >= 0.6 is 0 Å². The van der Waals surface area contributed by atoms with Gasteiger partial charge in [-0.25, -0.2) is 18.4 Å². The molecule has 3 N–H and O–H groups in total. The first kappa shape index (κ1) is 16.9. The van der Waals surface area contributed by atoms with Gasteiger partial charge >= 0.3 is 5.97 Å². The molecule has 1 amide bonds. The van der Waals surface area contributed by atoms with E-state index in [9.17, 15) is 18.0 Å². The van der Waals surface area contributed by atoms with Crippen molar-refractivity contribution in [2.45, 2.75) is 17.9 Å². The summed E-state index contributed by atoms with van der Waals surface area (Å²) in [5, 5.41) is 14.0. The SMILES string of the molecule is CC(Oc1ccc(S(N)(=O)=O)cc1C(=O)O)C(=O)N(C)C. The minimum absolute atomic E-state index is 0.113. The third-order valence-corrected chi connectivity index (χ3v) is 3.51. The molecule has 0 aliphatic heterocycles. The second-order valence-electron chi connectivity index (χ2n) is 4.50. The lowest BCUT2D eigenvalue weighted by molar-refractivity contribution is -0.135. The van der Waals surface area contributed by atoms with Gasteiger partial charge in [0.2, 0.25) is 10.0 Å². The van der Waals surface area contributed by atoms with E-state index in [0.29, 0.717) is 0 Å². The highest BCUT2D eigenvalue weighted by Gasteiger charge is 2.22. The zero-order valence-corrected chi connectivity index (χ0v) is 12.5. The van der Waals surface area contributed by atoms with E-state index in [2.05, 4.69) is 0 Å². The van der Waals surface area contributed by atoms with Crippen LogP contribution in [0.25, 0.3) is 0 Å². The Balaban J connectivity index is 3.20. The van der Waals surface area contributed by atoms with Crippen LogP contribution in [0.15, 0.2) is 23.1 Å². The molecule has 8 nitrogen and oxygen atoms in total. The number of nitrogens with zero attached hydrogens (tertiary/aromatic N) is 1. The van der Waals surface area contributed by atoms with Gasteiger partial charge in [-0.3, -0.25) is 4.79 Å². The van der Waals surface area contributed by atoms with Gasteiger partial charge in [0.1, 0.15) is 11.3 Å². The first-order valence-corrected chi connectivity index (χ1v) is 7.36. The topological polar surface area (TPSA) is 127 Å². The molecular weight excluding hydrogens is 300 g/mol. The maximum atomic E-state index is 11.7. The van der Waals surface area contributed by atoms with E-state index in [-0.39, 0.29) is 22.1 Å². The highest BCUT2D eigenvalue weighted by molar-refractivity contribution is 7.89. The highest BCUT2D eigenvalue weighted by atomic mass is 32.2. The zero-order chi connectivity index (χ0) is 16.4. The Morgan fingerprint density at radius 3 is 2.33 bits per heavy atom. The molecule has 1 rings (SSSR count). The molecule has 0 aromatic heterocycles. The van der Waals surface area contributed by atoms with Crippen LogP contribution in [0.3, 0.4) is 0 Å². The predicted molar refractivity (Wildman–Crippen MR) is 73.6 cm³/mol. The smallest absolute Gasteiger partial charge is 0.339 e. The Bertz CT molecular complexity index is 668. The fourth-order valence-corrected chi connectivity index (χ4v) is 2.10. The number of sulfonamides is 1. The van der Waals surface area contributed by atoms with E-state index in [4.69, 9.17) is 15.0 Å². The predicted octanol–water partition coefficient (Wildman–Crippen LogP) is -0.112. The fraction of sp³-hybridized carbons (Fsp3) is 0.333. The largest absolute Gasteiger partial charge is 0.480 e. The number of nitrogens with two attached hydrogens (primary N) is 1. The molecule has 0 radical (unpaired) electrons. The quantitative estimate of drug-likeness (QED) is 0.780. The van der Waals surface area contributed by atoms with Gasteiger partial charge in [-0.15, -0.1) is 0 Å². The average Bonchev–Trinajstić information content (AvgIpc) is 2.36. The number of carbonyl (C=O) groups excluding carboxylic acids is 1. The van der Waals surface area contributed by atoms with Crippen molar-refractivity contribution in [2.24, 2.45) is 5.14 Å². The first-order chi connectivity index (χ1) is 9.54. The summed E-state index contributed by atoms with van der Waals surface area (Å²) in [6.45, 7) is 1.46. The van der Waals surface area contributed by atoms with E-state index in [1.807, 2.05) is 0 Å². The first-order valence-electron chi connectivity index (χ1n) is 5.82. The lowest BCUT2D eigenvalue weighted by atomic mass is 10.2. The van der Waals surface area contributed by atoms with Crippen molar-refractivity contribution in [3.63, 3.8) is 0 Å². The lowest BCUT2D eigenvalue weighted by Gasteiger charge is -2.19. The van der Waals surface area contributed by atoms with Crippen molar-refractivity contribution in [3.05, 3.63) is 23.8 Å². The molecule has 1 atom stereocenters. The molecule has 1 unspecified atom stereocenters. The molecule has 1 aromatic rings. The molecule has 0 spiro atoms. The number of carboxylic acids is 1. The normalized spacial score (nSPS) is 12.6. The highest BCUT2D eigenvalue weighted by Crippen LogP contribution is 2.23. The summed E-state index contributed by atoms with van der Waals surface area (Å²) >= 11 is 0. The number of benzene rings is 1. The minimum atomic E-state index is -4.03. The van der Waals surface area contributed by atoms with Crippen LogP contribution in [-0.4, -0.2) is 50.5 Å². The summed E-state index contributed by atoms with van der Waals surface area (Å²) in [6.07, 6.45) is -0.918. The van der Waals surface area contributed by atoms with Crippen molar-refractivity contribution in [2.75, 3.05) is 14.1 Å². The lowest BCUT2D eigenvalue weighted by Crippen LogP contribution is -2.35. The van der Waals surface area contributed by atoms with Crippen molar-refractivity contribution in [1.29, 1.82) is 0 Å². The van der Waals surface area contributed by atoms with Gasteiger partial charge in [-0.2, -0.15) is 0 Å². The van der Waals surface area contributed by atoms with Gasteiger partial charge in [0.15, 0.2) is 6.10 Å². The van der Waals surface area contributed by atoms with Crippen LogP contribution in [0.5, 0.6) is 5.75 Å². The molecule has 9 heteroatoms. The third kappa shape index (κ3) is 4.17. The standard InChI is InChI=1S/C12H16N2O6S/c1-7(11(15)14(2)3)20-10-5-4-8(21(13,18)19)6-9(10)12(16)17/h4-7H,1-3H3,(H,16,17)(H2,13,18,19). The van der Waals surface area contributed by atoms with Crippen LogP contribution < -0.4 is 9.88 Å². The third-order valence-electron chi connectivity index (χ3n) is 2.60. The maximum absolute atomic E-state index is 11.7. The monoisotopic (exact) mass is 316 g/mol. The number of hydrogen-bond acceptors (Lipinski definition) is 5. The Hall–Kier alpha value is -2.13. The Morgan fingerprint density at radius 1 is 1.33 bits per heavy atom. The van der Waals surface area contributed by atoms with Gasteiger partial charge < -0.3 is 14.7 Å². The summed E-state index contributed by atoms with van der Waals surface area (Å²) in [4.78, 5) is 23.8. The number of carbonyl (C=O) groups is 2. The summed E-state index contributed by atoms with van der Waals surface area (Å²) in [6, 6.07) is 3.16. The molecule has 0 heterocycles. The van der Waals surface area contributed by atoms with E-state index < -0.39 is 22.1 Å². The van der Waals surface area contributed by atoms with Crippen LogP contribution in [0.2, 0.25) is 0 Å². The zero-order valence-electron chi connectivity index (χ0n) is 11.7. The summed E-state index contributed by atoms with van der Waals surface area (Å²) in [5.74, 6) is -1.86. The summed E-state index contributed by atoms with van der Waals surface area (Å²) in [7, 11) is -0.964. The number of ether oxygens (including phenoxy) is 1. The molecule has 0 saturated carbocycles.